The maximum Gasteiger partial charge on any atom is 0.358 e. The molecule has 2 rings (SSSR count). The maximum absolute atomic E-state index is 12.1. The topological polar surface area (TPSA) is 70.1 Å². The second-order valence-electron chi connectivity index (χ2n) is 5.18. The summed E-state index contributed by atoms with van der Waals surface area (Å²) in [5.74, 6) is 0.199. The Morgan fingerprint density at radius 2 is 2.32 bits per heavy atom. The van der Waals surface area contributed by atoms with E-state index in [9.17, 15) is 4.79 Å². The fraction of sp³-hybridized carbons (Fsp3) is 0.714. The largest absolute Gasteiger partial charge is 0.457 e. The normalized spacial score (nSPS) is 23.3. The van der Waals surface area contributed by atoms with Gasteiger partial charge in [0.25, 0.3) is 0 Å². The number of carbonyl (C=O) groups is 1. The van der Waals surface area contributed by atoms with Crippen molar-refractivity contribution < 1.29 is 9.53 Å². The van der Waals surface area contributed by atoms with E-state index in [1.54, 1.807) is 12.5 Å². The second-order valence-corrected chi connectivity index (χ2v) is 5.18. The third-order valence-corrected chi connectivity index (χ3v) is 3.85. The summed E-state index contributed by atoms with van der Waals surface area (Å²) >= 11 is 0. The number of carbonyl (C=O) groups excluding carboxylic acids is 1. The van der Waals surface area contributed by atoms with Gasteiger partial charge in [0.15, 0.2) is 5.69 Å². The van der Waals surface area contributed by atoms with Crippen LogP contribution in [0.5, 0.6) is 0 Å². The van der Waals surface area contributed by atoms with Gasteiger partial charge in [0, 0.05) is 19.3 Å². The van der Waals surface area contributed by atoms with Crippen molar-refractivity contribution in [3.05, 3.63) is 18.2 Å². The van der Waals surface area contributed by atoms with Crippen molar-refractivity contribution in [2.75, 3.05) is 6.54 Å². The highest BCUT2D eigenvalue weighted by molar-refractivity contribution is 5.87. The van der Waals surface area contributed by atoms with Crippen LogP contribution in [0, 0.1) is 5.92 Å². The fourth-order valence-electron chi connectivity index (χ4n) is 2.73. The predicted octanol–water partition coefficient (Wildman–Crippen LogP) is 1.97. The zero-order valence-corrected chi connectivity index (χ0v) is 11.5. The molecule has 19 heavy (non-hydrogen) atoms. The molecule has 1 aliphatic carbocycles. The molecular formula is C14H23N3O2. The van der Waals surface area contributed by atoms with Crippen molar-refractivity contribution in [1.82, 2.24) is 9.55 Å². The van der Waals surface area contributed by atoms with Crippen LogP contribution in [-0.4, -0.2) is 28.2 Å². The Kier molecular flexibility index (Phi) is 4.96. The number of hydrogen-bond acceptors (Lipinski definition) is 4. The molecular weight excluding hydrogens is 242 g/mol. The Labute approximate surface area is 114 Å². The molecule has 106 valence electrons. The van der Waals surface area contributed by atoms with E-state index in [1.807, 2.05) is 4.57 Å². The smallest absolute Gasteiger partial charge is 0.358 e. The van der Waals surface area contributed by atoms with E-state index in [1.165, 1.54) is 6.42 Å². The molecule has 1 aliphatic rings. The molecule has 0 aromatic carbocycles. The van der Waals surface area contributed by atoms with Crippen LogP contribution in [0.25, 0.3) is 0 Å². The molecule has 0 radical (unpaired) electrons. The molecule has 1 aromatic heterocycles. The Hall–Kier alpha value is -1.36. The lowest BCUT2D eigenvalue weighted by molar-refractivity contribution is 0.000156. The summed E-state index contributed by atoms with van der Waals surface area (Å²) in [6.07, 6.45) is 9.00. The van der Waals surface area contributed by atoms with Crippen molar-refractivity contribution >= 4 is 5.97 Å². The Balaban J connectivity index is 1.95. The molecule has 1 aromatic rings. The van der Waals surface area contributed by atoms with Gasteiger partial charge >= 0.3 is 5.97 Å². The summed E-state index contributed by atoms with van der Waals surface area (Å²) in [6, 6.07) is 0. The standard InChI is InChI=1S/C14H23N3O2/c1-2-11-5-3-4-6-13(11)19-14(18)12-9-17(8-7-15)10-16-12/h9-11,13H,2-8,15H2,1H3. The van der Waals surface area contributed by atoms with E-state index in [2.05, 4.69) is 11.9 Å². The fourth-order valence-corrected chi connectivity index (χ4v) is 2.73. The Morgan fingerprint density at radius 3 is 3.05 bits per heavy atom. The molecule has 1 saturated carbocycles. The monoisotopic (exact) mass is 265 g/mol. The van der Waals surface area contributed by atoms with E-state index >= 15 is 0 Å². The maximum atomic E-state index is 12.1. The zero-order valence-electron chi connectivity index (χ0n) is 11.5. The predicted molar refractivity (Wildman–Crippen MR) is 72.7 cm³/mol. The summed E-state index contributed by atoms with van der Waals surface area (Å²) < 4.78 is 7.44. The second kappa shape index (κ2) is 6.70. The van der Waals surface area contributed by atoms with Gasteiger partial charge in [-0.3, -0.25) is 0 Å². The van der Waals surface area contributed by atoms with E-state index in [4.69, 9.17) is 10.5 Å². The summed E-state index contributed by atoms with van der Waals surface area (Å²) in [6.45, 7) is 3.36. The lowest BCUT2D eigenvalue weighted by Gasteiger charge is -2.30. The summed E-state index contributed by atoms with van der Waals surface area (Å²) in [4.78, 5) is 16.1. The summed E-state index contributed by atoms with van der Waals surface area (Å²) in [5.41, 5.74) is 5.85. The molecule has 0 spiro atoms. The van der Waals surface area contributed by atoms with Gasteiger partial charge in [-0.05, 0) is 31.6 Å². The van der Waals surface area contributed by atoms with Crippen LogP contribution in [0.3, 0.4) is 0 Å². The molecule has 1 heterocycles. The van der Waals surface area contributed by atoms with Gasteiger partial charge in [-0.15, -0.1) is 0 Å². The minimum Gasteiger partial charge on any atom is -0.457 e. The van der Waals surface area contributed by atoms with Gasteiger partial charge < -0.3 is 15.0 Å². The van der Waals surface area contributed by atoms with Crippen molar-refractivity contribution in [1.29, 1.82) is 0 Å². The van der Waals surface area contributed by atoms with Crippen LogP contribution in [0.2, 0.25) is 0 Å². The van der Waals surface area contributed by atoms with Gasteiger partial charge in [0.2, 0.25) is 0 Å². The van der Waals surface area contributed by atoms with E-state index in [0.717, 1.165) is 25.7 Å². The highest BCUT2D eigenvalue weighted by atomic mass is 16.5. The lowest BCUT2D eigenvalue weighted by atomic mass is 9.85. The number of esters is 1. The number of ether oxygens (including phenoxy) is 1. The van der Waals surface area contributed by atoms with Gasteiger partial charge in [0.1, 0.15) is 6.10 Å². The summed E-state index contributed by atoms with van der Waals surface area (Å²) in [7, 11) is 0. The number of nitrogens with zero attached hydrogens (tertiary/aromatic N) is 2. The first kappa shape index (κ1) is 14.1. The third-order valence-electron chi connectivity index (χ3n) is 3.85. The minimum atomic E-state index is -0.305. The first-order chi connectivity index (χ1) is 9.24. The minimum absolute atomic E-state index is 0.0610. The first-order valence-corrected chi connectivity index (χ1v) is 7.17. The highest BCUT2D eigenvalue weighted by Crippen LogP contribution is 2.29. The third kappa shape index (κ3) is 3.56. The van der Waals surface area contributed by atoms with Crippen molar-refractivity contribution in [2.45, 2.75) is 51.7 Å². The number of imidazole rings is 1. The molecule has 0 amide bonds. The quantitative estimate of drug-likeness (QED) is 0.826. The highest BCUT2D eigenvalue weighted by Gasteiger charge is 2.27. The molecule has 0 aliphatic heterocycles. The molecule has 0 bridgehead atoms. The summed E-state index contributed by atoms with van der Waals surface area (Å²) in [5, 5.41) is 0. The number of hydrogen-bond donors (Lipinski definition) is 1. The van der Waals surface area contributed by atoms with Gasteiger partial charge in [0.05, 0.1) is 6.33 Å². The average Bonchev–Trinajstić information content (AvgIpc) is 2.88. The van der Waals surface area contributed by atoms with Crippen LogP contribution in [0.4, 0.5) is 0 Å². The molecule has 2 unspecified atom stereocenters. The molecule has 5 nitrogen and oxygen atoms in total. The van der Waals surface area contributed by atoms with E-state index in [-0.39, 0.29) is 12.1 Å². The van der Waals surface area contributed by atoms with E-state index in [0.29, 0.717) is 24.7 Å². The lowest BCUT2D eigenvalue weighted by Crippen LogP contribution is -2.29. The van der Waals surface area contributed by atoms with Crippen molar-refractivity contribution in [3.63, 3.8) is 0 Å². The molecule has 2 atom stereocenters. The Morgan fingerprint density at radius 1 is 1.53 bits per heavy atom. The van der Waals surface area contributed by atoms with Gasteiger partial charge in [-0.1, -0.05) is 13.3 Å². The SMILES string of the molecule is CCC1CCCCC1OC(=O)c1cn(CCN)cn1. The van der Waals surface area contributed by atoms with E-state index < -0.39 is 0 Å². The molecule has 5 heteroatoms. The van der Waals surface area contributed by atoms with Gasteiger partial charge in [-0.25, -0.2) is 9.78 Å². The molecule has 1 fully saturated rings. The number of rotatable bonds is 5. The van der Waals surface area contributed by atoms with Crippen molar-refractivity contribution in [2.24, 2.45) is 11.7 Å². The molecule has 2 N–H and O–H groups in total. The van der Waals surface area contributed by atoms with Crippen LogP contribution < -0.4 is 5.73 Å². The van der Waals surface area contributed by atoms with Crippen LogP contribution in [-0.2, 0) is 11.3 Å². The zero-order chi connectivity index (χ0) is 13.7. The van der Waals surface area contributed by atoms with Crippen molar-refractivity contribution in [3.8, 4) is 0 Å². The van der Waals surface area contributed by atoms with Crippen LogP contribution in [0.1, 0.15) is 49.5 Å². The first-order valence-electron chi connectivity index (χ1n) is 7.17. The average molecular weight is 265 g/mol. The van der Waals surface area contributed by atoms with Crippen LogP contribution >= 0.6 is 0 Å². The Bertz CT molecular complexity index is 417. The molecule has 0 saturated heterocycles. The van der Waals surface area contributed by atoms with Gasteiger partial charge in [-0.2, -0.15) is 0 Å². The van der Waals surface area contributed by atoms with Crippen LogP contribution in [0.15, 0.2) is 12.5 Å². The number of nitrogens with two attached hydrogens (primary N) is 1. The number of aromatic nitrogens is 2.